The lowest BCUT2D eigenvalue weighted by atomic mass is 10.1. The Morgan fingerprint density at radius 1 is 1.22 bits per heavy atom. The van der Waals surface area contributed by atoms with Crippen LogP contribution >= 0.6 is 11.3 Å². The number of benzene rings is 1. The smallest absolute Gasteiger partial charge is 0.298 e. The molecule has 9 heteroatoms. The van der Waals surface area contributed by atoms with E-state index in [2.05, 4.69) is 15.3 Å². The molecule has 3 aromatic rings. The number of fused-ring (bicyclic) bond motifs is 1. The van der Waals surface area contributed by atoms with Gasteiger partial charge >= 0.3 is 6.18 Å². The van der Waals surface area contributed by atoms with E-state index in [1.807, 2.05) is 0 Å². The molecule has 0 saturated carbocycles. The first-order valence-electron chi connectivity index (χ1n) is 6.23. The Labute approximate surface area is 130 Å². The molecular weight excluding hydrogens is 334 g/mol. The molecule has 0 unspecified atom stereocenters. The highest BCUT2D eigenvalue weighted by Crippen LogP contribution is 2.31. The Bertz CT molecular complexity index is 858. The number of carbonyl (C=O) groups excluding carboxylic acids is 1. The second-order valence-electron chi connectivity index (χ2n) is 4.51. The zero-order valence-electron chi connectivity index (χ0n) is 11.2. The lowest BCUT2D eigenvalue weighted by Gasteiger charge is -2.09. The van der Waals surface area contributed by atoms with Crippen LogP contribution in [0, 0.1) is 5.82 Å². The van der Waals surface area contributed by atoms with Gasteiger partial charge in [0.15, 0.2) is 5.13 Å². The number of hydrogen-bond donors (Lipinski definition) is 1. The average molecular weight is 341 g/mol. The lowest BCUT2D eigenvalue weighted by molar-refractivity contribution is -0.137. The average Bonchev–Trinajstić information content (AvgIpc) is 2.88. The van der Waals surface area contributed by atoms with E-state index in [9.17, 15) is 22.4 Å². The zero-order chi connectivity index (χ0) is 16.6. The lowest BCUT2D eigenvalue weighted by Crippen LogP contribution is -2.15. The van der Waals surface area contributed by atoms with Gasteiger partial charge in [-0.3, -0.25) is 15.1 Å². The van der Waals surface area contributed by atoms with Gasteiger partial charge in [-0.25, -0.2) is 9.37 Å². The number of nitrogens with one attached hydrogen (secondary N) is 1. The third kappa shape index (κ3) is 3.14. The zero-order valence-corrected chi connectivity index (χ0v) is 12.0. The SMILES string of the molecule is O=C(Nc1nc2cnccc2s1)c1cc(C(F)(F)F)ccc1F. The van der Waals surface area contributed by atoms with E-state index in [0.717, 1.165) is 16.0 Å². The van der Waals surface area contributed by atoms with E-state index in [0.29, 0.717) is 23.7 Å². The molecule has 0 aliphatic heterocycles. The minimum Gasteiger partial charge on any atom is -0.298 e. The molecule has 1 amide bonds. The van der Waals surface area contributed by atoms with Crippen molar-refractivity contribution in [3.8, 4) is 0 Å². The van der Waals surface area contributed by atoms with Crippen LogP contribution in [0.25, 0.3) is 10.2 Å². The first kappa shape index (κ1) is 15.3. The Balaban J connectivity index is 1.91. The van der Waals surface area contributed by atoms with Crippen molar-refractivity contribution < 1.29 is 22.4 Å². The topological polar surface area (TPSA) is 54.9 Å². The fraction of sp³-hybridized carbons (Fsp3) is 0.0714. The largest absolute Gasteiger partial charge is 0.416 e. The van der Waals surface area contributed by atoms with Crippen LogP contribution in [0.5, 0.6) is 0 Å². The number of amides is 1. The quantitative estimate of drug-likeness (QED) is 0.714. The summed E-state index contributed by atoms with van der Waals surface area (Å²) in [6.45, 7) is 0. The number of nitrogens with zero attached hydrogens (tertiary/aromatic N) is 2. The molecular formula is C14H7F4N3OS. The standard InChI is InChI=1S/C14H7F4N3OS/c15-9-2-1-7(14(16,17)18)5-8(9)12(22)21-13-20-10-6-19-4-3-11(10)23-13/h1-6H,(H,20,21,22). The van der Waals surface area contributed by atoms with Crippen molar-refractivity contribution in [3.05, 3.63) is 53.6 Å². The van der Waals surface area contributed by atoms with E-state index in [4.69, 9.17) is 0 Å². The maximum absolute atomic E-state index is 13.7. The molecule has 2 heterocycles. The van der Waals surface area contributed by atoms with Gasteiger partial charge in [-0.1, -0.05) is 11.3 Å². The molecule has 1 aromatic carbocycles. The Morgan fingerprint density at radius 3 is 2.70 bits per heavy atom. The molecule has 3 rings (SSSR count). The number of carbonyl (C=O) groups is 1. The fourth-order valence-electron chi connectivity index (χ4n) is 1.87. The summed E-state index contributed by atoms with van der Waals surface area (Å²) in [4.78, 5) is 19.9. The summed E-state index contributed by atoms with van der Waals surface area (Å²) < 4.78 is 52.4. The Kier molecular flexibility index (Phi) is 3.72. The minimum atomic E-state index is -4.66. The molecule has 0 aliphatic carbocycles. The Hall–Kier alpha value is -2.55. The van der Waals surface area contributed by atoms with E-state index >= 15 is 0 Å². The molecule has 1 N–H and O–H groups in total. The number of halogens is 4. The number of thiazole rings is 1. The van der Waals surface area contributed by atoms with Crippen LogP contribution in [0.15, 0.2) is 36.7 Å². The third-order valence-electron chi connectivity index (χ3n) is 2.95. The van der Waals surface area contributed by atoms with Crippen LogP contribution in [0.4, 0.5) is 22.7 Å². The highest BCUT2D eigenvalue weighted by Gasteiger charge is 2.32. The second kappa shape index (κ2) is 5.58. The van der Waals surface area contributed by atoms with Gasteiger partial charge in [-0.05, 0) is 24.3 Å². The molecule has 0 atom stereocenters. The normalized spacial score (nSPS) is 11.7. The van der Waals surface area contributed by atoms with Crippen LogP contribution in [0.1, 0.15) is 15.9 Å². The monoisotopic (exact) mass is 341 g/mol. The van der Waals surface area contributed by atoms with Crippen molar-refractivity contribution in [2.75, 3.05) is 5.32 Å². The van der Waals surface area contributed by atoms with E-state index in [-0.39, 0.29) is 5.13 Å². The van der Waals surface area contributed by atoms with Crippen molar-refractivity contribution in [3.63, 3.8) is 0 Å². The van der Waals surface area contributed by atoms with Crippen molar-refractivity contribution in [1.82, 2.24) is 9.97 Å². The molecule has 118 valence electrons. The van der Waals surface area contributed by atoms with Crippen molar-refractivity contribution in [2.45, 2.75) is 6.18 Å². The summed E-state index contributed by atoms with van der Waals surface area (Å²) in [6, 6.07) is 3.34. The van der Waals surface area contributed by atoms with Gasteiger partial charge in [-0.15, -0.1) is 0 Å². The summed E-state index contributed by atoms with van der Waals surface area (Å²) >= 11 is 1.11. The molecule has 0 bridgehead atoms. The van der Waals surface area contributed by atoms with E-state index in [1.165, 1.54) is 6.20 Å². The van der Waals surface area contributed by atoms with Gasteiger partial charge in [0.25, 0.3) is 5.91 Å². The summed E-state index contributed by atoms with van der Waals surface area (Å²) in [7, 11) is 0. The summed E-state index contributed by atoms with van der Waals surface area (Å²) in [5.41, 5.74) is -1.27. The van der Waals surface area contributed by atoms with E-state index in [1.54, 1.807) is 12.3 Å². The first-order valence-corrected chi connectivity index (χ1v) is 7.05. The van der Waals surface area contributed by atoms with Gasteiger partial charge in [0.1, 0.15) is 11.3 Å². The van der Waals surface area contributed by atoms with Crippen molar-refractivity contribution in [1.29, 1.82) is 0 Å². The number of pyridine rings is 1. The molecule has 0 aliphatic rings. The minimum absolute atomic E-state index is 0.148. The number of aromatic nitrogens is 2. The maximum Gasteiger partial charge on any atom is 0.416 e. The molecule has 0 saturated heterocycles. The molecule has 4 nitrogen and oxygen atoms in total. The summed E-state index contributed by atoms with van der Waals surface area (Å²) in [5.74, 6) is -2.04. The van der Waals surface area contributed by atoms with Gasteiger partial charge < -0.3 is 0 Å². The van der Waals surface area contributed by atoms with E-state index < -0.39 is 29.0 Å². The number of alkyl halides is 3. The van der Waals surface area contributed by atoms with Crippen LogP contribution in [0.3, 0.4) is 0 Å². The number of hydrogen-bond acceptors (Lipinski definition) is 4. The summed E-state index contributed by atoms with van der Waals surface area (Å²) in [5, 5.41) is 2.45. The molecule has 0 spiro atoms. The third-order valence-corrected chi connectivity index (χ3v) is 3.90. The summed E-state index contributed by atoms with van der Waals surface area (Å²) in [6.07, 6.45) is -1.64. The molecule has 2 aromatic heterocycles. The van der Waals surface area contributed by atoms with Crippen molar-refractivity contribution in [2.24, 2.45) is 0 Å². The van der Waals surface area contributed by atoms with Crippen molar-refractivity contribution >= 4 is 32.6 Å². The van der Waals surface area contributed by atoms with Crippen LogP contribution in [0.2, 0.25) is 0 Å². The van der Waals surface area contributed by atoms with Crippen LogP contribution < -0.4 is 5.32 Å². The highest BCUT2D eigenvalue weighted by molar-refractivity contribution is 7.22. The molecule has 23 heavy (non-hydrogen) atoms. The Morgan fingerprint density at radius 2 is 2.00 bits per heavy atom. The molecule has 0 fully saturated rings. The molecule has 0 radical (unpaired) electrons. The van der Waals surface area contributed by atoms with Crippen LogP contribution in [-0.2, 0) is 6.18 Å². The first-order chi connectivity index (χ1) is 10.8. The van der Waals surface area contributed by atoms with Gasteiger partial charge in [0.05, 0.1) is 22.0 Å². The van der Waals surface area contributed by atoms with Crippen LogP contribution in [-0.4, -0.2) is 15.9 Å². The predicted octanol–water partition coefficient (Wildman–Crippen LogP) is 4.10. The van der Waals surface area contributed by atoms with Gasteiger partial charge in [0.2, 0.25) is 0 Å². The fourth-order valence-corrected chi connectivity index (χ4v) is 2.70. The van der Waals surface area contributed by atoms with Gasteiger partial charge in [-0.2, -0.15) is 13.2 Å². The second-order valence-corrected chi connectivity index (χ2v) is 5.54. The number of anilines is 1. The highest BCUT2D eigenvalue weighted by atomic mass is 32.1. The number of rotatable bonds is 2. The predicted molar refractivity (Wildman–Crippen MR) is 76.8 cm³/mol. The van der Waals surface area contributed by atoms with Gasteiger partial charge in [0, 0.05) is 6.20 Å². The maximum atomic E-state index is 13.7.